The van der Waals surface area contributed by atoms with Crippen LogP contribution in [0.2, 0.25) is 0 Å². The molecule has 5 nitrogen and oxygen atoms in total. The van der Waals surface area contributed by atoms with Gasteiger partial charge in [0.25, 0.3) is 0 Å². The monoisotopic (exact) mass is 314 g/mol. The Morgan fingerprint density at radius 3 is 2.73 bits per heavy atom. The van der Waals surface area contributed by atoms with Crippen LogP contribution >= 0.6 is 11.8 Å². The minimum Gasteiger partial charge on any atom is -0.497 e. The van der Waals surface area contributed by atoms with Gasteiger partial charge in [-0.05, 0) is 11.6 Å². The van der Waals surface area contributed by atoms with Crippen LogP contribution in [0.3, 0.4) is 0 Å². The smallest absolute Gasteiger partial charge is 0.242 e. The standard InChI is InChI=1S/C16H14N2O3S/c1-21-11-7-12(17-9-19)14-13(8-11)22-15(16(20)18-14)10-5-3-2-4-6-10/h2-9,15H,1H3,(H,17,19)(H,18,20). The average Bonchev–Trinajstić information content (AvgIpc) is 2.55. The summed E-state index contributed by atoms with van der Waals surface area (Å²) >= 11 is 1.44. The van der Waals surface area contributed by atoms with Crippen LogP contribution < -0.4 is 15.4 Å². The second-order valence-electron chi connectivity index (χ2n) is 4.71. The van der Waals surface area contributed by atoms with Gasteiger partial charge in [0.15, 0.2) is 0 Å². The molecule has 1 aliphatic rings. The molecular weight excluding hydrogens is 300 g/mol. The Kier molecular flexibility index (Phi) is 4.02. The van der Waals surface area contributed by atoms with Gasteiger partial charge in [0.2, 0.25) is 12.3 Å². The zero-order valence-electron chi connectivity index (χ0n) is 11.8. The van der Waals surface area contributed by atoms with Crippen LogP contribution in [-0.2, 0) is 9.59 Å². The lowest BCUT2D eigenvalue weighted by molar-refractivity contribution is -0.116. The van der Waals surface area contributed by atoms with Crippen LogP contribution in [0.15, 0.2) is 47.4 Å². The first-order valence-corrected chi connectivity index (χ1v) is 7.55. The van der Waals surface area contributed by atoms with Crippen LogP contribution in [0.25, 0.3) is 0 Å². The molecule has 1 unspecified atom stereocenters. The number of fused-ring (bicyclic) bond motifs is 1. The molecule has 22 heavy (non-hydrogen) atoms. The minimum absolute atomic E-state index is 0.109. The van der Waals surface area contributed by atoms with Crippen molar-refractivity contribution in [3.63, 3.8) is 0 Å². The molecule has 0 radical (unpaired) electrons. The third-order valence-corrected chi connectivity index (χ3v) is 4.66. The van der Waals surface area contributed by atoms with Crippen molar-refractivity contribution in [2.45, 2.75) is 10.1 Å². The van der Waals surface area contributed by atoms with Gasteiger partial charge in [-0.15, -0.1) is 11.8 Å². The van der Waals surface area contributed by atoms with E-state index in [0.29, 0.717) is 23.5 Å². The van der Waals surface area contributed by atoms with Crippen LogP contribution in [0, 0.1) is 0 Å². The van der Waals surface area contributed by atoms with Crippen molar-refractivity contribution < 1.29 is 14.3 Å². The molecule has 1 atom stereocenters. The van der Waals surface area contributed by atoms with E-state index >= 15 is 0 Å². The Morgan fingerprint density at radius 2 is 2.05 bits per heavy atom. The predicted octanol–water partition coefficient (Wildman–Crippen LogP) is 3.05. The van der Waals surface area contributed by atoms with Crippen molar-refractivity contribution in [2.75, 3.05) is 17.7 Å². The summed E-state index contributed by atoms with van der Waals surface area (Å²) in [6, 6.07) is 13.1. The van der Waals surface area contributed by atoms with Crippen LogP contribution in [0.1, 0.15) is 10.8 Å². The molecule has 1 heterocycles. The molecule has 112 valence electrons. The molecule has 0 bridgehead atoms. The number of methoxy groups -OCH3 is 1. The van der Waals surface area contributed by atoms with E-state index in [2.05, 4.69) is 10.6 Å². The Labute approximate surface area is 132 Å². The van der Waals surface area contributed by atoms with Gasteiger partial charge < -0.3 is 15.4 Å². The summed E-state index contributed by atoms with van der Waals surface area (Å²) in [6.45, 7) is 0. The largest absolute Gasteiger partial charge is 0.497 e. The summed E-state index contributed by atoms with van der Waals surface area (Å²) in [5.74, 6) is 0.515. The molecule has 2 aromatic carbocycles. The van der Waals surface area contributed by atoms with Gasteiger partial charge >= 0.3 is 0 Å². The fraction of sp³-hybridized carbons (Fsp3) is 0.125. The Hall–Kier alpha value is -2.47. The van der Waals surface area contributed by atoms with Gasteiger partial charge in [-0.25, -0.2) is 0 Å². The molecule has 6 heteroatoms. The lowest BCUT2D eigenvalue weighted by Crippen LogP contribution is -2.24. The second-order valence-corrected chi connectivity index (χ2v) is 5.86. The SMILES string of the molecule is COc1cc(NC=O)c2c(c1)SC(c1ccccc1)C(=O)N2. The molecule has 2 N–H and O–H groups in total. The summed E-state index contributed by atoms with van der Waals surface area (Å²) in [5, 5.41) is 5.14. The lowest BCUT2D eigenvalue weighted by Gasteiger charge is -2.26. The molecule has 0 aliphatic carbocycles. The fourth-order valence-corrected chi connectivity index (χ4v) is 3.50. The highest BCUT2D eigenvalue weighted by Crippen LogP contribution is 2.48. The number of carbonyl (C=O) groups excluding carboxylic acids is 2. The maximum absolute atomic E-state index is 12.4. The van der Waals surface area contributed by atoms with Gasteiger partial charge in [0.1, 0.15) is 11.0 Å². The van der Waals surface area contributed by atoms with E-state index in [0.717, 1.165) is 10.5 Å². The zero-order valence-corrected chi connectivity index (χ0v) is 12.6. The number of carbonyl (C=O) groups is 2. The Balaban J connectivity index is 2.02. The van der Waals surface area contributed by atoms with Crippen molar-refractivity contribution in [2.24, 2.45) is 0 Å². The molecular formula is C16H14N2O3S. The number of thioether (sulfide) groups is 1. The maximum Gasteiger partial charge on any atom is 0.242 e. The summed E-state index contributed by atoms with van der Waals surface area (Å²) in [6.07, 6.45) is 0.579. The molecule has 3 rings (SSSR count). The Morgan fingerprint density at radius 1 is 1.27 bits per heavy atom. The molecule has 0 fully saturated rings. The third kappa shape index (κ3) is 2.65. The van der Waals surface area contributed by atoms with Gasteiger partial charge in [-0.2, -0.15) is 0 Å². The first-order chi connectivity index (χ1) is 10.7. The lowest BCUT2D eigenvalue weighted by atomic mass is 10.1. The second kappa shape index (κ2) is 6.11. The molecule has 0 saturated carbocycles. The number of hydrogen-bond donors (Lipinski definition) is 2. The predicted molar refractivity (Wildman–Crippen MR) is 86.4 cm³/mol. The van der Waals surface area contributed by atoms with Crippen molar-refractivity contribution in [3.05, 3.63) is 48.0 Å². The quantitative estimate of drug-likeness (QED) is 0.851. The molecule has 2 amide bonds. The van der Waals surface area contributed by atoms with E-state index in [4.69, 9.17) is 4.74 Å². The van der Waals surface area contributed by atoms with Gasteiger partial charge in [-0.3, -0.25) is 9.59 Å². The summed E-state index contributed by atoms with van der Waals surface area (Å²) < 4.78 is 5.25. The third-order valence-electron chi connectivity index (χ3n) is 3.36. The van der Waals surface area contributed by atoms with Crippen LogP contribution in [-0.4, -0.2) is 19.4 Å². The van der Waals surface area contributed by atoms with E-state index in [1.165, 1.54) is 11.8 Å². The van der Waals surface area contributed by atoms with Gasteiger partial charge in [0.05, 0.1) is 18.5 Å². The maximum atomic E-state index is 12.4. The average molecular weight is 314 g/mol. The number of amides is 2. The number of anilines is 2. The van der Waals surface area contributed by atoms with Gasteiger partial charge in [0, 0.05) is 11.0 Å². The van der Waals surface area contributed by atoms with Crippen LogP contribution in [0.5, 0.6) is 5.75 Å². The van der Waals surface area contributed by atoms with Crippen molar-refractivity contribution in [3.8, 4) is 5.75 Å². The highest BCUT2D eigenvalue weighted by Gasteiger charge is 2.30. The fourth-order valence-electron chi connectivity index (χ4n) is 2.32. The van der Waals surface area contributed by atoms with Crippen molar-refractivity contribution in [1.29, 1.82) is 0 Å². The number of ether oxygens (including phenoxy) is 1. The number of hydrogen-bond acceptors (Lipinski definition) is 4. The molecule has 1 aliphatic heterocycles. The molecule has 0 saturated heterocycles. The summed E-state index contributed by atoms with van der Waals surface area (Å²) in [7, 11) is 1.56. The molecule has 2 aromatic rings. The van der Waals surface area contributed by atoms with E-state index in [-0.39, 0.29) is 11.2 Å². The van der Waals surface area contributed by atoms with E-state index in [1.54, 1.807) is 13.2 Å². The first-order valence-electron chi connectivity index (χ1n) is 6.67. The van der Waals surface area contributed by atoms with E-state index < -0.39 is 0 Å². The minimum atomic E-state index is -0.329. The van der Waals surface area contributed by atoms with Crippen LogP contribution in [0.4, 0.5) is 11.4 Å². The number of nitrogens with one attached hydrogen (secondary N) is 2. The van der Waals surface area contributed by atoms with Crippen molar-refractivity contribution >= 4 is 35.5 Å². The van der Waals surface area contributed by atoms with Gasteiger partial charge in [-0.1, -0.05) is 30.3 Å². The Bertz CT molecular complexity index is 719. The number of rotatable bonds is 4. The summed E-state index contributed by atoms with van der Waals surface area (Å²) in [5.41, 5.74) is 2.06. The van der Waals surface area contributed by atoms with E-state index in [1.807, 2.05) is 36.4 Å². The highest BCUT2D eigenvalue weighted by atomic mass is 32.2. The first kappa shape index (κ1) is 14.5. The molecule has 0 spiro atoms. The zero-order chi connectivity index (χ0) is 15.5. The number of benzene rings is 2. The summed E-state index contributed by atoms with van der Waals surface area (Å²) in [4.78, 5) is 24.0. The topological polar surface area (TPSA) is 67.4 Å². The molecule has 0 aromatic heterocycles. The van der Waals surface area contributed by atoms with E-state index in [9.17, 15) is 9.59 Å². The highest BCUT2D eigenvalue weighted by molar-refractivity contribution is 8.00. The normalized spacial score (nSPS) is 16.4. The van der Waals surface area contributed by atoms with Crippen molar-refractivity contribution in [1.82, 2.24) is 0 Å².